The Hall–Kier alpha value is -0.880. The molecule has 0 bridgehead atoms. The van der Waals surface area contributed by atoms with Gasteiger partial charge in [-0.2, -0.15) is 0 Å². The van der Waals surface area contributed by atoms with Gasteiger partial charge in [-0.05, 0) is 12.8 Å². The van der Waals surface area contributed by atoms with E-state index in [9.17, 15) is 8.42 Å². The Kier molecular flexibility index (Phi) is 3.53. The van der Waals surface area contributed by atoms with Crippen LogP contribution in [0, 0.1) is 0 Å². The molecule has 0 aliphatic carbocycles. The molecule has 96 valence electrons. The molecule has 2 unspecified atom stereocenters. The topological polar surface area (TPSA) is 86.2 Å². The lowest BCUT2D eigenvalue weighted by Crippen LogP contribution is -2.24. The van der Waals surface area contributed by atoms with Crippen molar-refractivity contribution >= 4 is 9.84 Å². The van der Waals surface area contributed by atoms with Gasteiger partial charge >= 0.3 is 0 Å². The van der Waals surface area contributed by atoms with Gasteiger partial charge in [-0.3, -0.25) is 0 Å². The summed E-state index contributed by atoms with van der Waals surface area (Å²) in [7, 11) is -2.92. The highest BCUT2D eigenvalue weighted by Gasteiger charge is 2.29. The predicted molar refractivity (Wildman–Crippen MR) is 64.6 cm³/mol. The lowest BCUT2D eigenvalue weighted by Gasteiger charge is -2.18. The van der Waals surface area contributed by atoms with Gasteiger partial charge in [-0.15, -0.1) is 0 Å². The van der Waals surface area contributed by atoms with Crippen molar-refractivity contribution in [2.75, 3.05) is 18.1 Å². The normalized spacial score (nSPS) is 25.6. The molecule has 1 fully saturated rings. The zero-order valence-corrected chi connectivity index (χ0v) is 10.7. The second-order valence-corrected chi connectivity index (χ2v) is 6.93. The first-order valence-corrected chi connectivity index (χ1v) is 7.70. The summed E-state index contributed by atoms with van der Waals surface area (Å²) in [6, 6.07) is 0. The second kappa shape index (κ2) is 4.78. The molecule has 0 radical (unpaired) electrons. The maximum Gasteiger partial charge on any atom is 0.198 e. The smallest absolute Gasteiger partial charge is 0.198 e. The summed E-state index contributed by atoms with van der Waals surface area (Å²) in [6.45, 7) is 2.48. The maximum atomic E-state index is 11.5. The van der Waals surface area contributed by atoms with Gasteiger partial charge < -0.3 is 10.2 Å². The number of rotatable bonds is 3. The summed E-state index contributed by atoms with van der Waals surface area (Å²) in [6.07, 6.45) is 3.11. The molecule has 1 aliphatic heterocycles. The fourth-order valence-corrected chi connectivity index (χ4v) is 3.75. The largest absolute Gasteiger partial charge is 0.448 e. The summed E-state index contributed by atoms with van der Waals surface area (Å²) in [5.41, 5.74) is 6.37. The third-order valence-electron chi connectivity index (χ3n) is 3.21. The van der Waals surface area contributed by atoms with E-state index in [0.29, 0.717) is 18.9 Å². The number of nitrogens with zero attached hydrogens (tertiary/aromatic N) is 1. The molecule has 17 heavy (non-hydrogen) atoms. The van der Waals surface area contributed by atoms with Gasteiger partial charge in [-0.1, -0.05) is 6.92 Å². The van der Waals surface area contributed by atoms with Crippen molar-refractivity contribution in [1.82, 2.24) is 4.98 Å². The van der Waals surface area contributed by atoms with E-state index >= 15 is 0 Å². The Morgan fingerprint density at radius 3 is 3.06 bits per heavy atom. The van der Waals surface area contributed by atoms with Gasteiger partial charge in [0.25, 0.3) is 0 Å². The summed E-state index contributed by atoms with van der Waals surface area (Å²) in [5.74, 6) is 1.05. The van der Waals surface area contributed by atoms with Crippen molar-refractivity contribution in [2.45, 2.75) is 31.6 Å². The highest BCUT2D eigenvalue weighted by molar-refractivity contribution is 7.91. The van der Waals surface area contributed by atoms with Crippen LogP contribution < -0.4 is 5.73 Å². The monoisotopic (exact) mass is 258 g/mol. The summed E-state index contributed by atoms with van der Waals surface area (Å²) in [4.78, 5) is 4.36. The molecule has 2 heterocycles. The van der Waals surface area contributed by atoms with Gasteiger partial charge in [0.1, 0.15) is 6.26 Å². The Bertz CT molecular complexity index is 481. The molecule has 6 heteroatoms. The average Bonchev–Trinajstić information content (AvgIpc) is 2.76. The van der Waals surface area contributed by atoms with Crippen molar-refractivity contribution in [3.05, 3.63) is 17.8 Å². The third kappa shape index (κ3) is 2.87. The van der Waals surface area contributed by atoms with Gasteiger partial charge in [0.15, 0.2) is 15.7 Å². The first-order chi connectivity index (χ1) is 8.02. The number of oxazole rings is 1. The molecular weight excluding hydrogens is 240 g/mol. The van der Waals surface area contributed by atoms with Crippen LogP contribution in [0.3, 0.4) is 0 Å². The fraction of sp³-hybridized carbons (Fsp3) is 0.727. The van der Waals surface area contributed by atoms with E-state index in [0.717, 1.165) is 12.1 Å². The first kappa shape index (κ1) is 12.6. The van der Waals surface area contributed by atoms with Gasteiger partial charge in [0.2, 0.25) is 0 Å². The van der Waals surface area contributed by atoms with Crippen LogP contribution in [0.15, 0.2) is 10.7 Å². The van der Waals surface area contributed by atoms with Crippen LogP contribution >= 0.6 is 0 Å². The SMILES string of the molecule is CC(CN)c1coc(C2CCCS(=O)(=O)C2)n1. The van der Waals surface area contributed by atoms with E-state index in [4.69, 9.17) is 10.2 Å². The molecular formula is C11H18N2O3S. The Morgan fingerprint density at radius 1 is 1.65 bits per heavy atom. The minimum atomic E-state index is -2.92. The van der Waals surface area contributed by atoms with E-state index in [-0.39, 0.29) is 23.3 Å². The van der Waals surface area contributed by atoms with E-state index in [2.05, 4.69) is 4.98 Å². The number of aromatic nitrogens is 1. The average molecular weight is 258 g/mol. The van der Waals surface area contributed by atoms with Crippen molar-refractivity contribution in [3.8, 4) is 0 Å². The minimum absolute atomic E-state index is 0.0903. The van der Waals surface area contributed by atoms with Crippen molar-refractivity contribution < 1.29 is 12.8 Å². The molecule has 0 spiro atoms. The lowest BCUT2D eigenvalue weighted by molar-refractivity contribution is 0.434. The molecule has 1 saturated heterocycles. The van der Waals surface area contributed by atoms with Crippen LogP contribution in [0.1, 0.15) is 43.2 Å². The molecule has 1 aromatic heterocycles. The van der Waals surface area contributed by atoms with E-state index in [1.54, 1.807) is 6.26 Å². The summed E-state index contributed by atoms with van der Waals surface area (Å²) < 4.78 is 28.5. The van der Waals surface area contributed by atoms with E-state index in [1.165, 1.54) is 0 Å². The fourth-order valence-electron chi connectivity index (χ4n) is 2.05. The zero-order valence-electron chi connectivity index (χ0n) is 9.93. The molecule has 0 aromatic carbocycles. The Balaban J connectivity index is 2.15. The van der Waals surface area contributed by atoms with E-state index < -0.39 is 9.84 Å². The molecule has 5 nitrogen and oxygen atoms in total. The van der Waals surface area contributed by atoms with Gasteiger partial charge in [0, 0.05) is 18.4 Å². The predicted octanol–water partition coefficient (Wildman–Crippen LogP) is 1.03. The van der Waals surface area contributed by atoms with Crippen LogP contribution in [0.25, 0.3) is 0 Å². The second-order valence-electron chi connectivity index (χ2n) is 4.70. The number of sulfone groups is 1. The maximum absolute atomic E-state index is 11.5. The Labute approximate surface area is 101 Å². The quantitative estimate of drug-likeness (QED) is 0.875. The van der Waals surface area contributed by atoms with Crippen LogP contribution in [0.4, 0.5) is 0 Å². The summed E-state index contributed by atoms with van der Waals surface area (Å²) >= 11 is 0. The highest BCUT2D eigenvalue weighted by Crippen LogP contribution is 2.28. The minimum Gasteiger partial charge on any atom is -0.448 e. The number of nitrogens with two attached hydrogens (primary N) is 1. The molecule has 1 aromatic rings. The first-order valence-electron chi connectivity index (χ1n) is 5.87. The molecule has 2 N–H and O–H groups in total. The van der Waals surface area contributed by atoms with Crippen molar-refractivity contribution in [2.24, 2.45) is 5.73 Å². The molecule has 1 aliphatic rings. The van der Waals surface area contributed by atoms with Gasteiger partial charge in [0.05, 0.1) is 17.2 Å². The summed E-state index contributed by atoms with van der Waals surface area (Å²) in [5, 5.41) is 0. The van der Waals surface area contributed by atoms with Crippen LogP contribution in [-0.2, 0) is 9.84 Å². The number of hydrogen-bond donors (Lipinski definition) is 1. The lowest BCUT2D eigenvalue weighted by atomic mass is 10.1. The van der Waals surface area contributed by atoms with E-state index in [1.807, 2.05) is 6.92 Å². The van der Waals surface area contributed by atoms with Crippen molar-refractivity contribution in [3.63, 3.8) is 0 Å². The Morgan fingerprint density at radius 2 is 2.41 bits per heavy atom. The molecule has 0 saturated carbocycles. The zero-order chi connectivity index (χ0) is 12.5. The van der Waals surface area contributed by atoms with Gasteiger partial charge in [-0.25, -0.2) is 13.4 Å². The van der Waals surface area contributed by atoms with Crippen LogP contribution in [0.5, 0.6) is 0 Å². The molecule has 2 atom stereocenters. The molecule has 0 amide bonds. The third-order valence-corrected chi connectivity index (χ3v) is 5.03. The standard InChI is InChI=1S/C11H18N2O3S/c1-8(5-12)10-6-16-11(13-10)9-3-2-4-17(14,15)7-9/h6,8-9H,2-5,7,12H2,1H3. The number of hydrogen-bond acceptors (Lipinski definition) is 5. The van der Waals surface area contributed by atoms with Crippen LogP contribution in [0.2, 0.25) is 0 Å². The molecule has 2 rings (SSSR count). The van der Waals surface area contributed by atoms with Crippen LogP contribution in [-0.4, -0.2) is 31.5 Å². The highest BCUT2D eigenvalue weighted by atomic mass is 32.2. The van der Waals surface area contributed by atoms with Crippen molar-refractivity contribution in [1.29, 1.82) is 0 Å².